The number of carbonyl (C=O) groups excluding carboxylic acids is 1. The Kier molecular flexibility index (Phi) is 4.45. The number of halogens is 1. The average Bonchev–Trinajstić information content (AvgIpc) is 3.01. The molecule has 0 unspecified atom stereocenters. The highest BCUT2D eigenvalue weighted by molar-refractivity contribution is 7.25. The molecule has 2 aromatic carbocycles. The molecule has 1 amide bonds. The predicted molar refractivity (Wildman–Crippen MR) is 111 cm³/mol. The van der Waals surface area contributed by atoms with Crippen molar-refractivity contribution in [2.75, 3.05) is 5.32 Å². The van der Waals surface area contributed by atoms with Crippen molar-refractivity contribution >= 4 is 54.8 Å². The summed E-state index contributed by atoms with van der Waals surface area (Å²) in [5.41, 5.74) is 3.29. The van der Waals surface area contributed by atoms with Crippen LogP contribution < -0.4 is 10.9 Å². The monoisotopic (exact) mass is 397 g/mol. The number of anilines is 1. The Morgan fingerprint density at radius 3 is 2.81 bits per heavy atom. The molecule has 4 aromatic rings. The molecular weight excluding hydrogens is 382 g/mol. The van der Waals surface area contributed by atoms with Crippen LogP contribution >= 0.6 is 22.9 Å². The number of nitrogens with zero attached hydrogens (tertiary/aromatic N) is 2. The number of fused-ring (bicyclic) bond motifs is 3. The second kappa shape index (κ2) is 6.79. The maximum absolute atomic E-state index is 12.8. The summed E-state index contributed by atoms with van der Waals surface area (Å²) in [5.74, 6) is -0.277. The largest absolute Gasteiger partial charge is 0.325 e. The predicted octanol–water partition coefficient (Wildman–Crippen LogP) is 4.52. The fourth-order valence-electron chi connectivity index (χ4n) is 2.96. The second-order valence-corrected chi connectivity index (χ2v) is 7.88. The average molecular weight is 398 g/mol. The first-order valence-electron chi connectivity index (χ1n) is 8.37. The lowest BCUT2D eigenvalue weighted by molar-refractivity contribution is -0.116. The van der Waals surface area contributed by atoms with Crippen molar-refractivity contribution in [1.29, 1.82) is 0 Å². The van der Waals surface area contributed by atoms with Crippen LogP contribution in [0.25, 0.3) is 20.3 Å². The summed E-state index contributed by atoms with van der Waals surface area (Å²) in [5, 5.41) is 4.17. The Balaban J connectivity index is 1.66. The third-order valence-corrected chi connectivity index (χ3v) is 5.97. The van der Waals surface area contributed by atoms with Crippen LogP contribution in [-0.2, 0) is 11.3 Å². The first-order valence-corrected chi connectivity index (χ1v) is 9.57. The molecule has 4 rings (SSSR count). The van der Waals surface area contributed by atoms with Gasteiger partial charge in [0.15, 0.2) is 0 Å². The molecule has 0 bridgehead atoms. The van der Waals surface area contributed by atoms with Crippen molar-refractivity contribution in [2.24, 2.45) is 0 Å². The Bertz CT molecular complexity index is 1260. The van der Waals surface area contributed by atoms with E-state index in [1.807, 2.05) is 44.2 Å². The van der Waals surface area contributed by atoms with Gasteiger partial charge in [-0.15, -0.1) is 11.3 Å². The van der Waals surface area contributed by atoms with Crippen molar-refractivity contribution < 1.29 is 4.79 Å². The number of rotatable bonds is 3. The van der Waals surface area contributed by atoms with Crippen LogP contribution in [0, 0.1) is 13.8 Å². The highest BCUT2D eigenvalue weighted by Gasteiger charge is 2.15. The Morgan fingerprint density at radius 1 is 1.22 bits per heavy atom. The lowest BCUT2D eigenvalue weighted by Gasteiger charge is -2.09. The molecule has 0 saturated heterocycles. The van der Waals surface area contributed by atoms with Crippen LogP contribution in [-0.4, -0.2) is 15.5 Å². The quantitative estimate of drug-likeness (QED) is 0.552. The van der Waals surface area contributed by atoms with Crippen molar-refractivity contribution in [3.63, 3.8) is 0 Å². The molecule has 0 aliphatic carbocycles. The van der Waals surface area contributed by atoms with Crippen LogP contribution in [0.3, 0.4) is 0 Å². The summed E-state index contributed by atoms with van der Waals surface area (Å²) in [6, 6.07) is 11.2. The number of amides is 1. The number of carbonyl (C=O) groups is 1. The number of thiophene rings is 1. The summed E-state index contributed by atoms with van der Waals surface area (Å²) in [4.78, 5) is 29.6. The molecule has 1 N–H and O–H groups in total. The van der Waals surface area contributed by atoms with Gasteiger partial charge in [-0.05, 0) is 49.2 Å². The summed E-state index contributed by atoms with van der Waals surface area (Å²) in [7, 11) is 0. The van der Waals surface area contributed by atoms with Gasteiger partial charge in [-0.25, -0.2) is 4.98 Å². The Morgan fingerprint density at radius 2 is 2.04 bits per heavy atom. The lowest BCUT2D eigenvalue weighted by Crippen LogP contribution is -2.27. The highest BCUT2D eigenvalue weighted by Crippen LogP contribution is 2.34. The molecule has 136 valence electrons. The first kappa shape index (κ1) is 17.7. The van der Waals surface area contributed by atoms with Gasteiger partial charge in [-0.3, -0.25) is 14.2 Å². The van der Waals surface area contributed by atoms with E-state index in [-0.39, 0.29) is 18.0 Å². The van der Waals surface area contributed by atoms with Crippen molar-refractivity contribution in [3.8, 4) is 0 Å². The number of aryl methyl sites for hydroxylation is 2. The van der Waals surface area contributed by atoms with E-state index in [1.165, 1.54) is 22.2 Å². The van der Waals surface area contributed by atoms with Crippen LogP contribution in [0.2, 0.25) is 5.02 Å². The van der Waals surface area contributed by atoms with Gasteiger partial charge >= 0.3 is 0 Å². The molecule has 2 aromatic heterocycles. The molecule has 2 heterocycles. The van der Waals surface area contributed by atoms with Gasteiger partial charge in [0.2, 0.25) is 5.91 Å². The zero-order valence-corrected chi connectivity index (χ0v) is 16.3. The van der Waals surface area contributed by atoms with Gasteiger partial charge in [0.1, 0.15) is 11.2 Å². The number of hydrogen-bond donors (Lipinski definition) is 1. The summed E-state index contributed by atoms with van der Waals surface area (Å²) in [6.45, 7) is 3.90. The number of aromatic nitrogens is 2. The van der Waals surface area contributed by atoms with Gasteiger partial charge in [0.25, 0.3) is 5.56 Å². The molecular formula is C20H16ClN3O2S. The van der Waals surface area contributed by atoms with E-state index in [0.717, 1.165) is 21.2 Å². The smallest absolute Gasteiger partial charge is 0.271 e. The van der Waals surface area contributed by atoms with Crippen molar-refractivity contribution in [2.45, 2.75) is 20.4 Å². The summed E-state index contributed by atoms with van der Waals surface area (Å²) in [6.07, 6.45) is 1.40. The molecule has 7 heteroatoms. The van der Waals surface area contributed by atoms with E-state index >= 15 is 0 Å². The molecule has 0 aliphatic rings. The molecule has 0 radical (unpaired) electrons. The zero-order valence-electron chi connectivity index (χ0n) is 14.7. The third-order valence-electron chi connectivity index (χ3n) is 4.53. The topological polar surface area (TPSA) is 64.0 Å². The standard InChI is InChI=1S/C20H16ClN3O2S/c1-11-6-7-13(8-12(11)2)23-16(25)9-24-10-22-18-17-14(21)4-3-5-15(17)27-19(18)20(24)26/h3-8,10H,9H2,1-2H3,(H,23,25). The van der Waals surface area contributed by atoms with E-state index in [0.29, 0.717) is 20.9 Å². The van der Waals surface area contributed by atoms with E-state index in [1.54, 1.807) is 6.07 Å². The molecule has 5 nitrogen and oxygen atoms in total. The van der Waals surface area contributed by atoms with Crippen LogP contribution in [0.15, 0.2) is 47.5 Å². The van der Waals surface area contributed by atoms with E-state index in [9.17, 15) is 9.59 Å². The normalized spacial score (nSPS) is 11.2. The van der Waals surface area contributed by atoms with Gasteiger partial charge < -0.3 is 5.32 Å². The Labute approximate surface area is 164 Å². The van der Waals surface area contributed by atoms with Crippen LogP contribution in [0.5, 0.6) is 0 Å². The van der Waals surface area contributed by atoms with Gasteiger partial charge in [0, 0.05) is 15.8 Å². The number of nitrogens with one attached hydrogen (secondary N) is 1. The lowest BCUT2D eigenvalue weighted by atomic mass is 10.1. The van der Waals surface area contributed by atoms with Crippen molar-refractivity contribution in [1.82, 2.24) is 9.55 Å². The van der Waals surface area contributed by atoms with Gasteiger partial charge in [-0.2, -0.15) is 0 Å². The third kappa shape index (κ3) is 3.22. The minimum absolute atomic E-state index is 0.101. The highest BCUT2D eigenvalue weighted by atomic mass is 35.5. The van der Waals surface area contributed by atoms with Gasteiger partial charge in [-0.1, -0.05) is 23.7 Å². The second-order valence-electron chi connectivity index (χ2n) is 6.42. The fraction of sp³-hybridized carbons (Fsp3) is 0.150. The zero-order chi connectivity index (χ0) is 19.1. The molecule has 0 saturated carbocycles. The SMILES string of the molecule is Cc1ccc(NC(=O)Cn2cnc3c(sc4cccc(Cl)c43)c2=O)cc1C. The van der Waals surface area contributed by atoms with E-state index in [4.69, 9.17) is 11.6 Å². The molecule has 0 aliphatic heterocycles. The molecule has 0 fully saturated rings. The maximum Gasteiger partial charge on any atom is 0.271 e. The van der Waals surface area contributed by atoms with Crippen molar-refractivity contribution in [3.05, 3.63) is 69.2 Å². The molecule has 0 atom stereocenters. The number of hydrogen-bond acceptors (Lipinski definition) is 4. The first-order chi connectivity index (χ1) is 12.9. The molecule has 0 spiro atoms. The Hall–Kier alpha value is -2.70. The van der Waals surface area contributed by atoms with Gasteiger partial charge in [0.05, 0.1) is 16.9 Å². The minimum Gasteiger partial charge on any atom is -0.325 e. The fourth-order valence-corrected chi connectivity index (χ4v) is 4.41. The van der Waals surface area contributed by atoms with Crippen LogP contribution in [0.4, 0.5) is 5.69 Å². The minimum atomic E-state index is -0.277. The summed E-state index contributed by atoms with van der Waals surface area (Å²) < 4.78 is 2.72. The maximum atomic E-state index is 12.8. The molecule has 27 heavy (non-hydrogen) atoms. The van der Waals surface area contributed by atoms with Crippen LogP contribution in [0.1, 0.15) is 11.1 Å². The van der Waals surface area contributed by atoms with E-state index in [2.05, 4.69) is 10.3 Å². The number of benzene rings is 2. The summed E-state index contributed by atoms with van der Waals surface area (Å²) >= 11 is 7.60. The van der Waals surface area contributed by atoms with E-state index < -0.39 is 0 Å².